The Kier molecular flexibility index (Phi) is 4.58. The van der Waals surface area contributed by atoms with Gasteiger partial charge >= 0.3 is 0 Å². The number of aromatic nitrogens is 2. The molecule has 1 heterocycles. The lowest BCUT2D eigenvalue weighted by Gasteiger charge is -2.13. The summed E-state index contributed by atoms with van der Waals surface area (Å²) in [6.45, 7) is 1.88. The summed E-state index contributed by atoms with van der Waals surface area (Å²) in [5.74, 6) is 0. The molecule has 0 aliphatic heterocycles. The van der Waals surface area contributed by atoms with E-state index in [1.54, 1.807) is 0 Å². The van der Waals surface area contributed by atoms with Crippen molar-refractivity contribution in [1.82, 2.24) is 15.1 Å². The average molecular weight is 258 g/mol. The number of hydrogen-bond acceptors (Lipinski definition) is 3. The highest BCUT2D eigenvalue weighted by Crippen LogP contribution is 2.11. The van der Waals surface area contributed by atoms with E-state index in [9.17, 15) is 0 Å². The third-order valence-electron chi connectivity index (χ3n) is 3.26. The van der Waals surface area contributed by atoms with Crippen molar-refractivity contribution in [2.75, 3.05) is 25.5 Å². The number of benzene rings is 1. The summed E-state index contributed by atoms with van der Waals surface area (Å²) in [4.78, 5) is 2.11. The average Bonchev–Trinajstić information content (AvgIpc) is 2.81. The van der Waals surface area contributed by atoms with Crippen LogP contribution in [-0.4, -0.2) is 30.4 Å². The van der Waals surface area contributed by atoms with Crippen LogP contribution in [0.1, 0.15) is 11.3 Å². The van der Waals surface area contributed by atoms with Gasteiger partial charge in [-0.2, -0.15) is 5.10 Å². The Balaban J connectivity index is 1.75. The number of rotatable bonds is 6. The van der Waals surface area contributed by atoms with Gasteiger partial charge in [0.15, 0.2) is 0 Å². The molecular formula is C15H22N4. The van der Waals surface area contributed by atoms with E-state index in [4.69, 9.17) is 0 Å². The van der Waals surface area contributed by atoms with Crippen LogP contribution in [-0.2, 0) is 20.0 Å². The second-order valence-electron chi connectivity index (χ2n) is 4.93. The largest absolute Gasteiger partial charge is 0.378 e. The van der Waals surface area contributed by atoms with Crippen molar-refractivity contribution in [3.63, 3.8) is 0 Å². The predicted octanol–water partition coefficient (Wildman–Crippen LogP) is 1.82. The molecule has 0 amide bonds. The number of nitrogens with zero attached hydrogens (tertiary/aromatic N) is 3. The van der Waals surface area contributed by atoms with Crippen LogP contribution in [0.25, 0.3) is 0 Å². The number of aryl methyl sites for hydroxylation is 1. The molecule has 0 spiro atoms. The van der Waals surface area contributed by atoms with E-state index < -0.39 is 0 Å². The zero-order valence-electron chi connectivity index (χ0n) is 11.9. The highest BCUT2D eigenvalue weighted by atomic mass is 15.3. The Hall–Kier alpha value is -1.81. The molecule has 0 fully saturated rings. The second kappa shape index (κ2) is 6.38. The van der Waals surface area contributed by atoms with Gasteiger partial charge in [-0.1, -0.05) is 12.1 Å². The highest BCUT2D eigenvalue weighted by Gasteiger charge is 1.99. The van der Waals surface area contributed by atoms with Crippen molar-refractivity contribution in [3.8, 4) is 0 Å². The van der Waals surface area contributed by atoms with Crippen molar-refractivity contribution >= 4 is 5.69 Å². The number of anilines is 1. The molecule has 0 radical (unpaired) electrons. The molecule has 0 aliphatic rings. The summed E-state index contributed by atoms with van der Waals surface area (Å²) in [5, 5.41) is 7.63. The first-order valence-corrected chi connectivity index (χ1v) is 6.60. The minimum atomic E-state index is 0.908. The van der Waals surface area contributed by atoms with Crippen LogP contribution >= 0.6 is 0 Å². The summed E-state index contributed by atoms with van der Waals surface area (Å²) in [5.41, 5.74) is 3.81. The highest BCUT2D eigenvalue weighted by molar-refractivity contribution is 5.45. The van der Waals surface area contributed by atoms with Crippen LogP contribution < -0.4 is 10.2 Å². The van der Waals surface area contributed by atoms with Gasteiger partial charge in [0.25, 0.3) is 0 Å². The van der Waals surface area contributed by atoms with Crippen LogP contribution in [0.4, 0.5) is 5.69 Å². The lowest BCUT2D eigenvalue weighted by atomic mass is 10.2. The maximum atomic E-state index is 4.16. The molecular weight excluding hydrogens is 236 g/mol. The zero-order chi connectivity index (χ0) is 13.7. The normalized spacial score (nSPS) is 10.7. The van der Waals surface area contributed by atoms with E-state index in [0.29, 0.717) is 0 Å². The van der Waals surface area contributed by atoms with Gasteiger partial charge in [0, 0.05) is 58.2 Å². The van der Waals surface area contributed by atoms with Crippen molar-refractivity contribution in [2.24, 2.45) is 7.05 Å². The molecule has 1 aromatic heterocycles. The number of nitrogens with one attached hydrogen (secondary N) is 1. The summed E-state index contributed by atoms with van der Waals surface area (Å²) >= 11 is 0. The Morgan fingerprint density at radius 1 is 1.16 bits per heavy atom. The lowest BCUT2D eigenvalue weighted by Crippen LogP contribution is -2.18. The number of hydrogen-bond donors (Lipinski definition) is 1. The van der Waals surface area contributed by atoms with Gasteiger partial charge in [-0.25, -0.2) is 0 Å². The minimum absolute atomic E-state index is 0.908. The predicted molar refractivity (Wildman–Crippen MR) is 79.4 cm³/mol. The van der Waals surface area contributed by atoms with E-state index >= 15 is 0 Å². The van der Waals surface area contributed by atoms with E-state index in [-0.39, 0.29) is 0 Å². The van der Waals surface area contributed by atoms with E-state index in [0.717, 1.165) is 19.5 Å². The van der Waals surface area contributed by atoms with Crippen molar-refractivity contribution < 1.29 is 0 Å². The molecule has 1 N–H and O–H groups in total. The van der Waals surface area contributed by atoms with Gasteiger partial charge < -0.3 is 10.2 Å². The molecule has 0 saturated heterocycles. The summed E-state index contributed by atoms with van der Waals surface area (Å²) in [6.07, 6.45) is 2.85. The lowest BCUT2D eigenvalue weighted by molar-refractivity contribution is 0.643. The van der Waals surface area contributed by atoms with E-state index in [1.807, 2.05) is 17.9 Å². The van der Waals surface area contributed by atoms with Gasteiger partial charge in [-0.3, -0.25) is 4.68 Å². The fourth-order valence-electron chi connectivity index (χ4n) is 2.01. The van der Waals surface area contributed by atoms with Crippen molar-refractivity contribution in [1.29, 1.82) is 0 Å². The Labute approximate surface area is 115 Å². The van der Waals surface area contributed by atoms with E-state index in [2.05, 4.69) is 59.7 Å². The monoisotopic (exact) mass is 258 g/mol. The molecule has 0 saturated carbocycles. The van der Waals surface area contributed by atoms with Crippen LogP contribution in [0, 0.1) is 0 Å². The fourth-order valence-corrected chi connectivity index (χ4v) is 2.01. The van der Waals surface area contributed by atoms with Gasteiger partial charge in [0.2, 0.25) is 0 Å². The second-order valence-corrected chi connectivity index (χ2v) is 4.93. The third-order valence-corrected chi connectivity index (χ3v) is 3.26. The van der Waals surface area contributed by atoms with E-state index in [1.165, 1.54) is 16.9 Å². The van der Waals surface area contributed by atoms with Crippen molar-refractivity contribution in [2.45, 2.75) is 13.0 Å². The van der Waals surface area contributed by atoms with Gasteiger partial charge in [-0.05, 0) is 23.8 Å². The van der Waals surface area contributed by atoms with Crippen LogP contribution in [0.15, 0.2) is 36.5 Å². The quantitative estimate of drug-likeness (QED) is 0.802. The standard InChI is InChI=1S/C15H22N4/c1-18(2)14-6-4-13(5-7-14)12-16-10-8-15-9-11-17-19(15)3/h4-7,9,11,16H,8,10,12H2,1-3H3. The fraction of sp³-hybridized carbons (Fsp3) is 0.400. The first-order chi connectivity index (χ1) is 9.16. The van der Waals surface area contributed by atoms with Gasteiger partial charge in [0.05, 0.1) is 0 Å². The maximum absolute atomic E-state index is 4.16. The van der Waals surface area contributed by atoms with Gasteiger partial charge in [0.1, 0.15) is 0 Å². The van der Waals surface area contributed by atoms with Crippen LogP contribution in [0.3, 0.4) is 0 Å². The Morgan fingerprint density at radius 2 is 1.89 bits per heavy atom. The first kappa shape index (κ1) is 13.6. The topological polar surface area (TPSA) is 33.1 Å². The molecule has 0 unspecified atom stereocenters. The zero-order valence-corrected chi connectivity index (χ0v) is 11.9. The molecule has 4 heteroatoms. The molecule has 4 nitrogen and oxygen atoms in total. The third kappa shape index (κ3) is 3.83. The molecule has 102 valence electrons. The van der Waals surface area contributed by atoms with Crippen LogP contribution in [0.5, 0.6) is 0 Å². The Morgan fingerprint density at radius 3 is 2.47 bits per heavy atom. The maximum Gasteiger partial charge on any atom is 0.0492 e. The molecule has 19 heavy (non-hydrogen) atoms. The summed E-state index contributed by atoms with van der Waals surface area (Å²) < 4.78 is 1.92. The Bertz CT molecular complexity index is 499. The molecule has 1 aromatic carbocycles. The molecule has 0 aliphatic carbocycles. The summed E-state index contributed by atoms with van der Waals surface area (Å²) in [7, 11) is 6.09. The smallest absolute Gasteiger partial charge is 0.0492 e. The summed E-state index contributed by atoms with van der Waals surface area (Å²) in [6, 6.07) is 10.7. The first-order valence-electron chi connectivity index (χ1n) is 6.60. The molecule has 2 rings (SSSR count). The van der Waals surface area contributed by atoms with Gasteiger partial charge in [-0.15, -0.1) is 0 Å². The van der Waals surface area contributed by atoms with Crippen molar-refractivity contribution in [3.05, 3.63) is 47.8 Å². The molecule has 0 bridgehead atoms. The molecule has 2 aromatic rings. The molecule has 0 atom stereocenters. The minimum Gasteiger partial charge on any atom is -0.378 e. The van der Waals surface area contributed by atoms with Crippen LogP contribution in [0.2, 0.25) is 0 Å². The SMILES string of the molecule is CN(C)c1ccc(CNCCc2ccnn2C)cc1.